The molecule has 1 amide bonds. The smallest absolute Gasteiger partial charge is 0.278 e. The van der Waals surface area contributed by atoms with Gasteiger partial charge in [-0.3, -0.25) is 4.79 Å². The Morgan fingerprint density at radius 3 is 2.62 bits per heavy atom. The normalized spacial score (nSPS) is 12.2. The highest BCUT2D eigenvalue weighted by atomic mass is 19.1. The molecule has 1 heterocycles. The third-order valence-corrected chi connectivity index (χ3v) is 3.23. The van der Waals surface area contributed by atoms with E-state index in [1.54, 1.807) is 6.92 Å². The maximum absolute atomic E-state index is 12.9. The molecule has 1 atom stereocenters. The summed E-state index contributed by atoms with van der Waals surface area (Å²) in [4.78, 5) is 13.5. The number of aliphatic hydroxyl groups is 1. The zero-order valence-corrected chi connectivity index (χ0v) is 11.7. The SMILES string of the molecule is CC(CO)N(C)C(=O)c1nn(-c2ccc(F)cc2)cc1O. The first-order chi connectivity index (χ1) is 9.93. The molecular formula is C14H16FN3O3. The Labute approximate surface area is 121 Å². The van der Waals surface area contributed by atoms with Crippen molar-refractivity contribution >= 4 is 5.91 Å². The molecule has 0 spiro atoms. The molecule has 0 fully saturated rings. The lowest BCUT2D eigenvalue weighted by Crippen LogP contribution is -2.37. The van der Waals surface area contributed by atoms with Gasteiger partial charge in [-0.25, -0.2) is 9.07 Å². The van der Waals surface area contributed by atoms with Crippen LogP contribution in [0.1, 0.15) is 17.4 Å². The molecule has 112 valence electrons. The van der Waals surface area contributed by atoms with E-state index >= 15 is 0 Å². The molecule has 0 radical (unpaired) electrons. The van der Waals surface area contributed by atoms with Gasteiger partial charge in [-0.1, -0.05) is 0 Å². The van der Waals surface area contributed by atoms with Crippen LogP contribution in [0, 0.1) is 5.82 Å². The van der Waals surface area contributed by atoms with Gasteiger partial charge in [0.15, 0.2) is 11.4 Å². The summed E-state index contributed by atoms with van der Waals surface area (Å²) in [5, 5.41) is 22.9. The predicted octanol–water partition coefficient (Wildman–Crippen LogP) is 1.17. The number of aromatic nitrogens is 2. The van der Waals surface area contributed by atoms with Crippen molar-refractivity contribution in [1.82, 2.24) is 14.7 Å². The number of benzene rings is 1. The molecule has 0 bridgehead atoms. The van der Waals surface area contributed by atoms with Gasteiger partial charge in [0.25, 0.3) is 5.91 Å². The number of carbonyl (C=O) groups is 1. The average Bonchev–Trinajstić information content (AvgIpc) is 2.87. The van der Waals surface area contributed by atoms with Crippen LogP contribution < -0.4 is 0 Å². The van der Waals surface area contributed by atoms with Crippen molar-refractivity contribution in [3.8, 4) is 11.4 Å². The van der Waals surface area contributed by atoms with E-state index in [0.717, 1.165) is 0 Å². The van der Waals surface area contributed by atoms with Crippen molar-refractivity contribution in [2.75, 3.05) is 13.7 Å². The molecule has 21 heavy (non-hydrogen) atoms. The van der Waals surface area contributed by atoms with Crippen LogP contribution in [0.4, 0.5) is 4.39 Å². The highest BCUT2D eigenvalue weighted by Gasteiger charge is 2.23. The number of carbonyl (C=O) groups excluding carboxylic acids is 1. The first-order valence-electron chi connectivity index (χ1n) is 6.36. The first-order valence-corrected chi connectivity index (χ1v) is 6.36. The van der Waals surface area contributed by atoms with Crippen LogP contribution in [0.2, 0.25) is 0 Å². The standard InChI is InChI=1S/C14H16FN3O3/c1-9(8-19)17(2)14(21)13-12(20)7-18(16-13)11-5-3-10(15)4-6-11/h3-7,9,19-20H,8H2,1-2H3. The molecule has 6 nitrogen and oxygen atoms in total. The van der Waals surface area contributed by atoms with E-state index in [9.17, 15) is 14.3 Å². The van der Waals surface area contributed by atoms with Gasteiger partial charge in [-0.15, -0.1) is 0 Å². The summed E-state index contributed by atoms with van der Waals surface area (Å²) in [5.74, 6) is -1.17. The van der Waals surface area contributed by atoms with Gasteiger partial charge < -0.3 is 15.1 Å². The fourth-order valence-corrected chi connectivity index (χ4v) is 1.73. The molecular weight excluding hydrogens is 277 g/mol. The number of hydrogen-bond donors (Lipinski definition) is 2. The molecule has 0 saturated heterocycles. The Hall–Kier alpha value is -2.41. The van der Waals surface area contributed by atoms with Gasteiger partial charge >= 0.3 is 0 Å². The molecule has 2 N–H and O–H groups in total. The maximum Gasteiger partial charge on any atom is 0.278 e. The zero-order valence-electron chi connectivity index (χ0n) is 11.7. The van der Waals surface area contributed by atoms with E-state index in [2.05, 4.69) is 5.10 Å². The van der Waals surface area contributed by atoms with E-state index in [4.69, 9.17) is 5.11 Å². The minimum Gasteiger partial charge on any atom is -0.504 e. The topological polar surface area (TPSA) is 78.6 Å². The fraction of sp³-hybridized carbons (Fsp3) is 0.286. The highest BCUT2D eigenvalue weighted by Crippen LogP contribution is 2.20. The number of aliphatic hydroxyl groups excluding tert-OH is 1. The summed E-state index contributed by atoms with van der Waals surface area (Å²) < 4.78 is 14.2. The van der Waals surface area contributed by atoms with Crippen LogP contribution in [0.15, 0.2) is 30.5 Å². The van der Waals surface area contributed by atoms with Gasteiger partial charge in [0.2, 0.25) is 0 Å². The van der Waals surface area contributed by atoms with E-state index in [0.29, 0.717) is 5.69 Å². The van der Waals surface area contributed by atoms with Gasteiger partial charge in [0, 0.05) is 7.05 Å². The molecule has 7 heteroatoms. The lowest BCUT2D eigenvalue weighted by Gasteiger charge is -2.22. The van der Waals surface area contributed by atoms with Crippen LogP contribution >= 0.6 is 0 Å². The van der Waals surface area contributed by atoms with E-state index < -0.39 is 11.9 Å². The lowest BCUT2D eigenvalue weighted by atomic mass is 10.2. The Kier molecular flexibility index (Phi) is 4.23. The Balaban J connectivity index is 2.31. The molecule has 0 saturated carbocycles. The third kappa shape index (κ3) is 3.03. The minimum atomic E-state index is -0.505. The van der Waals surface area contributed by atoms with E-state index in [1.807, 2.05) is 0 Å². The Morgan fingerprint density at radius 1 is 1.43 bits per heavy atom. The predicted molar refractivity (Wildman–Crippen MR) is 73.8 cm³/mol. The van der Waals surface area contributed by atoms with E-state index in [-0.39, 0.29) is 23.9 Å². The second kappa shape index (κ2) is 5.92. The summed E-state index contributed by atoms with van der Waals surface area (Å²) in [7, 11) is 1.51. The second-order valence-corrected chi connectivity index (χ2v) is 4.73. The summed E-state index contributed by atoms with van der Waals surface area (Å²) in [6, 6.07) is 5.09. The molecule has 1 aromatic carbocycles. The first kappa shape index (κ1) is 15.0. The van der Waals surface area contributed by atoms with Crippen molar-refractivity contribution < 1.29 is 19.4 Å². The van der Waals surface area contributed by atoms with Crippen molar-refractivity contribution in [2.24, 2.45) is 0 Å². The molecule has 2 rings (SSSR count). The number of likely N-dealkylation sites (N-methyl/N-ethyl adjacent to an activating group) is 1. The quantitative estimate of drug-likeness (QED) is 0.887. The number of halogens is 1. The molecule has 0 aliphatic carbocycles. The van der Waals surface area contributed by atoms with Crippen molar-refractivity contribution in [3.05, 3.63) is 42.0 Å². The van der Waals surface area contributed by atoms with Gasteiger partial charge in [0.1, 0.15) is 5.82 Å². The van der Waals surface area contributed by atoms with Crippen LogP contribution in [0.25, 0.3) is 5.69 Å². The Morgan fingerprint density at radius 2 is 2.05 bits per heavy atom. The molecule has 0 aliphatic heterocycles. The second-order valence-electron chi connectivity index (χ2n) is 4.73. The van der Waals surface area contributed by atoms with Crippen LogP contribution in [-0.2, 0) is 0 Å². The van der Waals surface area contributed by atoms with E-state index in [1.165, 1.54) is 47.1 Å². The molecule has 0 aliphatic rings. The molecule has 1 unspecified atom stereocenters. The number of hydrogen-bond acceptors (Lipinski definition) is 4. The van der Waals surface area contributed by atoms with Crippen LogP contribution in [-0.4, -0.2) is 50.5 Å². The number of aromatic hydroxyl groups is 1. The third-order valence-electron chi connectivity index (χ3n) is 3.23. The van der Waals surface area contributed by atoms with Crippen molar-refractivity contribution in [3.63, 3.8) is 0 Å². The van der Waals surface area contributed by atoms with Gasteiger partial charge in [-0.2, -0.15) is 5.10 Å². The number of rotatable bonds is 4. The van der Waals surface area contributed by atoms with Crippen LogP contribution in [0.5, 0.6) is 5.75 Å². The summed E-state index contributed by atoms with van der Waals surface area (Å²) in [5.41, 5.74) is 0.394. The monoisotopic (exact) mass is 293 g/mol. The number of nitrogens with zero attached hydrogens (tertiary/aromatic N) is 3. The highest BCUT2D eigenvalue weighted by molar-refractivity contribution is 5.94. The fourth-order valence-electron chi connectivity index (χ4n) is 1.73. The largest absolute Gasteiger partial charge is 0.504 e. The summed E-state index contributed by atoms with van der Waals surface area (Å²) >= 11 is 0. The Bertz CT molecular complexity index is 639. The van der Waals surface area contributed by atoms with Gasteiger partial charge in [0.05, 0.1) is 24.5 Å². The van der Waals surface area contributed by atoms with Gasteiger partial charge in [-0.05, 0) is 31.2 Å². The van der Waals surface area contributed by atoms with Crippen molar-refractivity contribution in [1.29, 1.82) is 0 Å². The number of amides is 1. The van der Waals surface area contributed by atoms with Crippen molar-refractivity contribution in [2.45, 2.75) is 13.0 Å². The molecule has 1 aromatic heterocycles. The summed E-state index contributed by atoms with van der Waals surface area (Å²) in [6.45, 7) is 1.48. The lowest BCUT2D eigenvalue weighted by molar-refractivity contribution is 0.0673. The minimum absolute atomic E-state index is 0.123. The summed E-state index contributed by atoms with van der Waals surface area (Å²) in [6.07, 6.45) is 1.28. The molecule has 2 aromatic rings. The zero-order chi connectivity index (χ0) is 15.6. The van der Waals surface area contributed by atoms with Crippen LogP contribution in [0.3, 0.4) is 0 Å². The average molecular weight is 293 g/mol. The maximum atomic E-state index is 12.9.